The summed E-state index contributed by atoms with van der Waals surface area (Å²) in [5, 5.41) is 3.42. The first-order valence-corrected chi connectivity index (χ1v) is 9.30. The zero-order chi connectivity index (χ0) is 13.9. The van der Waals surface area contributed by atoms with Crippen LogP contribution in [0.4, 0.5) is 0 Å². The van der Waals surface area contributed by atoms with Crippen LogP contribution >= 0.6 is 0 Å². The lowest BCUT2D eigenvalue weighted by Crippen LogP contribution is -2.49. The normalized spacial score (nSPS) is 25.9. The summed E-state index contributed by atoms with van der Waals surface area (Å²) in [6.07, 6.45) is 5.38. The fourth-order valence-electron chi connectivity index (χ4n) is 2.76. The van der Waals surface area contributed by atoms with Gasteiger partial charge < -0.3 is 5.32 Å². The van der Waals surface area contributed by atoms with Crippen LogP contribution in [0.25, 0.3) is 0 Å². The molecule has 19 heavy (non-hydrogen) atoms. The molecule has 1 unspecified atom stereocenters. The van der Waals surface area contributed by atoms with Gasteiger partial charge in [0.2, 0.25) is 10.0 Å². The number of nitrogens with zero attached hydrogens (tertiary/aromatic N) is 1. The standard InChI is InChI=1S/C14H28N2O2S/c1-12(2)9-15-10-14-5-3-4-8-16(14)19(17,18)11-13-6-7-13/h12-15H,3-11H2,1-2H3. The lowest BCUT2D eigenvalue weighted by molar-refractivity contribution is 0.243. The van der Waals surface area contributed by atoms with E-state index in [-0.39, 0.29) is 6.04 Å². The van der Waals surface area contributed by atoms with Gasteiger partial charge in [-0.25, -0.2) is 8.42 Å². The molecule has 1 saturated heterocycles. The minimum Gasteiger partial charge on any atom is -0.315 e. The van der Waals surface area contributed by atoms with Crippen molar-refractivity contribution in [1.82, 2.24) is 9.62 Å². The average molecular weight is 288 g/mol. The largest absolute Gasteiger partial charge is 0.315 e. The highest BCUT2D eigenvalue weighted by Crippen LogP contribution is 2.32. The van der Waals surface area contributed by atoms with Crippen molar-refractivity contribution in [2.24, 2.45) is 11.8 Å². The summed E-state index contributed by atoms with van der Waals surface area (Å²) in [6.45, 7) is 6.85. The van der Waals surface area contributed by atoms with Crippen LogP contribution in [-0.2, 0) is 10.0 Å². The molecule has 5 heteroatoms. The number of nitrogens with one attached hydrogen (secondary N) is 1. The molecule has 1 heterocycles. The van der Waals surface area contributed by atoms with Crippen LogP contribution in [-0.4, -0.2) is 44.2 Å². The number of sulfonamides is 1. The summed E-state index contributed by atoms with van der Waals surface area (Å²) in [5.74, 6) is 1.43. The van der Waals surface area contributed by atoms with E-state index in [1.165, 1.54) is 0 Å². The molecule has 1 aliphatic heterocycles. The summed E-state index contributed by atoms with van der Waals surface area (Å²) in [6, 6.07) is 0.177. The molecule has 0 aromatic rings. The molecule has 1 saturated carbocycles. The topological polar surface area (TPSA) is 49.4 Å². The van der Waals surface area contributed by atoms with E-state index in [1.807, 2.05) is 0 Å². The number of hydrogen-bond donors (Lipinski definition) is 1. The fourth-order valence-corrected chi connectivity index (χ4v) is 4.92. The molecule has 1 aliphatic carbocycles. The first-order chi connectivity index (χ1) is 8.99. The van der Waals surface area contributed by atoms with Crippen molar-refractivity contribution in [3.8, 4) is 0 Å². The maximum Gasteiger partial charge on any atom is 0.214 e. The highest BCUT2D eigenvalue weighted by Gasteiger charge is 2.36. The zero-order valence-electron chi connectivity index (χ0n) is 12.3. The second kappa shape index (κ2) is 6.55. The molecule has 0 spiro atoms. The van der Waals surface area contributed by atoms with Gasteiger partial charge in [0.25, 0.3) is 0 Å². The Kier molecular flexibility index (Phi) is 5.26. The van der Waals surface area contributed by atoms with Crippen LogP contribution in [0.15, 0.2) is 0 Å². The van der Waals surface area contributed by atoms with Crippen LogP contribution in [0, 0.1) is 11.8 Å². The van der Waals surface area contributed by atoms with Gasteiger partial charge in [0.15, 0.2) is 0 Å². The van der Waals surface area contributed by atoms with E-state index >= 15 is 0 Å². The Balaban J connectivity index is 1.90. The predicted octanol–water partition coefficient (Wildman–Crippen LogP) is 1.83. The second-order valence-corrected chi connectivity index (χ2v) is 8.50. The van der Waals surface area contributed by atoms with Gasteiger partial charge in [0, 0.05) is 19.1 Å². The third-order valence-electron chi connectivity index (χ3n) is 4.01. The molecule has 0 radical (unpaired) electrons. The Hall–Kier alpha value is -0.130. The van der Waals surface area contributed by atoms with Gasteiger partial charge in [-0.3, -0.25) is 0 Å². The Morgan fingerprint density at radius 3 is 2.58 bits per heavy atom. The molecule has 4 nitrogen and oxygen atoms in total. The zero-order valence-corrected chi connectivity index (χ0v) is 13.1. The van der Waals surface area contributed by atoms with Gasteiger partial charge in [0.1, 0.15) is 0 Å². The molecule has 0 bridgehead atoms. The second-order valence-electron chi connectivity index (χ2n) is 6.53. The van der Waals surface area contributed by atoms with Crippen molar-refractivity contribution in [3.63, 3.8) is 0 Å². The Bertz CT molecular complexity index is 377. The van der Waals surface area contributed by atoms with Gasteiger partial charge in [0.05, 0.1) is 5.75 Å². The van der Waals surface area contributed by atoms with Gasteiger partial charge in [-0.1, -0.05) is 20.3 Å². The smallest absolute Gasteiger partial charge is 0.214 e. The van der Waals surface area contributed by atoms with Crippen LogP contribution in [0.1, 0.15) is 46.0 Å². The lowest BCUT2D eigenvalue weighted by atomic mass is 10.0. The Morgan fingerprint density at radius 1 is 1.21 bits per heavy atom. The van der Waals surface area contributed by atoms with Gasteiger partial charge >= 0.3 is 0 Å². The van der Waals surface area contributed by atoms with Crippen molar-refractivity contribution >= 4 is 10.0 Å². The molecule has 2 fully saturated rings. The van der Waals surface area contributed by atoms with Crippen LogP contribution < -0.4 is 5.32 Å². The quantitative estimate of drug-likeness (QED) is 0.777. The number of rotatable bonds is 7. The minimum atomic E-state index is -3.03. The van der Waals surface area contributed by atoms with E-state index in [4.69, 9.17) is 0 Å². The van der Waals surface area contributed by atoms with Crippen molar-refractivity contribution in [2.45, 2.75) is 52.0 Å². The maximum atomic E-state index is 12.4. The van der Waals surface area contributed by atoms with Crippen LogP contribution in [0.3, 0.4) is 0 Å². The van der Waals surface area contributed by atoms with Crippen molar-refractivity contribution in [2.75, 3.05) is 25.4 Å². The molecule has 1 N–H and O–H groups in total. The molecule has 0 amide bonds. The lowest BCUT2D eigenvalue weighted by Gasteiger charge is -2.35. The van der Waals surface area contributed by atoms with Gasteiger partial charge in [-0.05, 0) is 44.1 Å². The first-order valence-electron chi connectivity index (χ1n) is 7.69. The highest BCUT2D eigenvalue weighted by molar-refractivity contribution is 7.89. The van der Waals surface area contributed by atoms with Gasteiger partial charge in [-0.15, -0.1) is 0 Å². The molecule has 0 aromatic heterocycles. The first kappa shape index (κ1) is 15.3. The third-order valence-corrected chi connectivity index (χ3v) is 6.09. The molecule has 112 valence electrons. The molecule has 0 aromatic carbocycles. The number of piperidine rings is 1. The van der Waals surface area contributed by atoms with E-state index < -0.39 is 10.0 Å². The van der Waals surface area contributed by atoms with E-state index in [2.05, 4.69) is 19.2 Å². The minimum absolute atomic E-state index is 0.177. The van der Waals surface area contributed by atoms with Crippen molar-refractivity contribution in [1.29, 1.82) is 0 Å². The Labute approximate surface area is 118 Å². The van der Waals surface area contributed by atoms with Crippen molar-refractivity contribution < 1.29 is 8.42 Å². The summed E-state index contributed by atoms with van der Waals surface area (Å²) >= 11 is 0. The number of hydrogen-bond acceptors (Lipinski definition) is 3. The maximum absolute atomic E-state index is 12.4. The van der Waals surface area contributed by atoms with E-state index in [0.717, 1.165) is 51.7 Å². The molecule has 2 aliphatic rings. The summed E-state index contributed by atoms with van der Waals surface area (Å²) in [7, 11) is -3.03. The van der Waals surface area contributed by atoms with E-state index in [0.29, 0.717) is 17.6 Å². The molecule has 1 atom stereocenters. The third kappa shape index (κ3) is 4.72. The van der Waals surface area contributed by atoms with Crippen LogP contribution in [0.5, 0.6) is 0 Å². The SMILES string of the molecule is CC(C)CNCC1CCCCN1S(=O)(=O)CC1CC1. The van der Waals surface area contributed by atoms with E-state index in [9.17, 15) is 8.42 Å². The molecular weight excluding hydrogens is 260 g/mol. The van der Waals surface area contributed by atoms with Gasteiger partial charge in [-0.2, -0.15) is 4.31 Å². The van der Waals surface area contributed by atoms with Crippen LogP contribution in [0.2, 0.25) is 0 Å². The highest BCUT2D eigenvalue weighted by atomic mass is 32.2. The fraction of sp³-hybridized carbons (Fsp3) is 1.00. The average Bonchev–Trinajstić information content (AvgIpc) is 3.12. The Morgan fingerprint density at radius 2 is 1.95 bits per heavy atom. The van der Waals surface area contributed by atoms with E-state index in [1.54, 1.807) is 4.31 Å². The van der Waals surface area contributed by atoms with Crippen molar-refractivity contribution in [3.05, 3.63) is 0 Å². The summed E-state index contributed by atoms with van der Waals surface area (Å²) < 4.78 is 26.7. The summed E-state index contributed by atoms with van der Waals surface area (Å²) in [5.41, 5.74) is 0. The predicted molar refractivity (Wildman–Crippen MR) is 78.6 cm³/mol. The summed E-state index contributed by atoms with van der Waals surface area (Å²) in [4.78, 5) is 0. The molecular formula is C14H28N2O2S. The monoisotopic (exact) mass is 288 g/mol. The molecule has 2 rings (SSSR count).